The molecular formula is C13H23N3O. The lowest BCUT2D eigenvalue weighted by molar-refractivity contribution is 0.0940. The summed E-state index contributed by atoms with van der Waals surface area (Å²) in [4.78, 5) is 0. The largest absolute Gasteiger partial charge is 0.376 e. The van der Waals surface area contributed by atoms with Crippen LogP contribution in [0.25, 0.3) is 0 Å². The van der Waals surface area contributed by atoms with Gasteiger partial charge in [0.2, 0.25) is 0 Å². The number of nitrogens with one attached hydrogen (secondary N) is 1. The van der Waals surface area contributed by atoms with Gasteiger partial charge in [0.25, 0.3) is 0 Å². The van der Waals surface area contributed by atoms with Crippen LogP contribution in [0.2, 0.25) is 0 Å². The average Bonchev–Trinajstić information content (AvgIpc) is 2.98. The highest BCUT2D eigenvalue weighted by Gasteiger charge is 2.17. The Morgan fingerprint density at radius 2 is 2.47 bits per heavy atom. The average molecular weight is 237 g/mol. The molecule has 1 N–H and O–H groups in total. The number of rotatable bonds is 6. The Hall–Kier alpha value is -0.870. The predicted octanol–water partition coefficient (Wildman–Crippen LogP) is 2.12. The summed E-state index contributed by atoms with van der Waals surface area (Å²) in [5.74, 6) is 0. The van der Waals surface area contributed by atoms with Crippen molar-refractivity contribution >= 4 is 0 Å². The summed E-state index contributed by atoms with van der Waals surface area (Å²) in [5, 5.41) is 7.90. The normalized spacial score (nSPS) is 21.9. The molecule has 4 heteroatoms. The number of aromatic nitrogens is 2. The zero-order valence-electron chi connectivity index (χ0n) is 10.9. The summed E-state index contributed by atoms with van der Waals surface area (Å²) in [6, 6.07) is 0.429. The second-order valence-electron chi connectivity index (χ2n) is 4.65. The Morgan fingerprint density at radius 3 is 3.12 bits per heavy atom. The summed E-state index contributed by atoms with van der Waals surface area (Å²) in [6.45, 7) is 7.13. The highest BCUT2D eigenvalue weighted by Crippen LogP contribution is 2.17. The molecule has 0 aliphatic carbocycles. The lowest BCUT2D eigenvalue weighted by Gasteiger charge is -2.13. The molecule has 0 aromatic carbocycles. The fourth-order valence-electron chi connectivity index (χ4n) is 2.40. The molecule has 0 saturated carbocycles. The van der Waals surface area contributed by atoms with Gasteiger partial charge >= 0.3 is 0 Å². The van der Waals surface area contributed by atoms with Crippen LogP contribution >= 0.6 is 0 Å². The van der Waals surface area contributed by atoms with Crippen molar-refractivity contribution in [2.45, 2.75) is 51.8 Å². The summed E-state index contributed by atoms with van der Waals surface area (Å²) in [7, 11) is 0. The van der Waals surface area contributed by atoms with Crippen molar-refractivity contribution in [2.75, 3.05) is 13.2 Å². The molecule has 4 nitrogen and oxygen atoms in total. The van der Waals surface area contributed by atoms with Gasteiger partial charge in [-0.15, -0.1) is 0 Å². The van der Waals surface area contributed by atoms with E-state index < -0.39 is 0 Å². The fraction of sp³-hybridized carbons (Fsp3) is 0.769. The maximum Gasteiger partial charge on any atom is 0.0771 e. The van der Waals surface area contributed by atoms with E-state index in [2.05, 4.69) is 30.5 Å². The molecular weight excluding hydrogens is 214 g/mol. The summed E-state index contributed by atoms with van der Waals surface area (Å²) < 4.78 is 7.64. The van der Waals surface area contributed by atoms with Crippen LogP contribution in [0.5, 0.6) is 0 Å². The molecule has 0 amide bonds. The van der Waals surface area contributed by atoms with Crippen LogP contribution in [0.4, 0.5) is 0 Å². The lowest BCUT2D eigenvalue weighted by atomic mass is 10.1. The van der Waals surface area contributed by atoms with Crippen LogP contribution in [-0.2, 0) is 11.3 Å². The van der Waals surface area contributed by atoms with Crippen molar-refractivity contribution in [3.8, 4) is 0 Å². The zero-order chi connectivity index (χ0) is 12.1. The Bertz CT molecular complexity index is 331. The van der Waals surface area contributed by atoms with E-state index in [-0.39, 0.29) is 0 Å². The van der Waals surface area contributed by atoms with Gasteiger partial charge in [-0.25, -0.2) is 0 Å². The third kappa shape index (κ3) is 3.30. The van der Waals surface area contributed by atoms with Crippen LogP contribution in [0.3, 0.4) is 0 Å². The van der Waals surface area contributed by atoms with Crippen molar-refractivity contribution in [3.63, 3.8) is 0 Å². The van der Waals surface area contributed by atoms with Gasteiger partial charge in [-0.1, -0.05) is 13.8 Å². The molecule has 1 aromatic rings. The minimum atomic E-state index is 0.363. The van der Waals surface area contributed by atoms with Gasteiger partial charge in [0.1, 0.15) is 0 Å². The molecule has 1 fully saturated rings. The minimum absolute atomic E-state index is 0.363. The van der Waals surface area contributed by atoms with Gasteiger partial charge in [0.05, 0.1) is 18.8 Å². The topological polar surface area (TPSA) is 39.1 Å². The second kappa shape index (κ2) is 6.17. The van der Waals surface area contributed by atoms with E-state index in [1.54, 1.807) is 0 Å². The number of hydrogen-bond donors (Lipinski definition) is 1. The molecule has 2 atom stereocenters. The lowest BCUT2D eigenvalue weighted by Crippen LogP contribution is -2.19. The van der Waals surface area contributed by atoms with E-state index in [4.69, 9.17) is 4.74 Å². The Morgan fingerprint density at radius 1 is 1.59 bits per heavy atom. The molecule has 0 spiro atoms. The van der Waals surface area contributed by atoms with Crippen molar-refractivity contribution in [1.82, 2.24) is 15.1 Å². The highest BCUT2D eigenvalue weighted by atomic mass is 16.5. The molecule has 1 aliphatic rings. The van der Waals surface area contributed by atoms with Crippen molar-refractivity contribution < 1.29 is 4.74 Å². The smallest absolute Gasteiger partial charge is 0.0771 e. The first-order valence-corrected chi connectivity index (χ1v) is 6.70. The number of nitrogens with zero attached hydrogens (tertiary/aromatic N) is 2. The summed E-state index contributed by atoms with van der Waals surface area (Å²) in [5.41, 5.74) is 1.28. The second-order valence-corrected chi connectivity index (χ2v) is 4.65. The van der Waals surface area contributed by atoms with Crippen LogP contribution in [0, 0.1) is 0 Å². The van der Waals surface area contributed by atoms with Crippen LogP contribution < -0.4 is 5.32 Å². The van der Waals surface area contributed by atoms with E-state index in [9.17, 15) is 0 Å². The highest BCUT2D eigenvalue weighted by molar-refractivity contribution is 5.10. The summed E-state index contributed by atoms with van der Waals surface area (Å²) in [6.07, 6.45) is 7.94. The number of hydrogen-bond acceptors (Lipinski definition) is 3. The van der Waals surface area contributed by atoms with Crippen molar-refractivity contribution in [1.29, 1.82) is 0 Å². The van der Waals surface area contributed by atoms with Gasteiger partial charge in [0.15, 0.2) is 0 Å². The van der Waals surface area contributed by atoms with Gasteiger partial charge in [-0.2, -0.15) is 5.10 Å². The van der Waals surface area contributed by atoms with Gasteiger partial charge in [0, 0.05) is 24.4 Å². The first-order chi connectivity index (χ1) is 8.33. The first-order valence-electron chi connectivity index (χ1n) is 6.70. The SMILES string of the molecule is CCNC(CC)c1cnn(CC2CCCO2)c1. The van der Waals surface area contributed by atoms with E-state index in [0.717, 1.165) is 26.1 Å². The Kier molecular flexibility index (Phi) is 4.57. The molecule has 1 aliphatic heterocycles. The van der Waals surface area contributed by atoms with E-state index >= 15 is 0 Å². The molecule has 1 aromatic heterocycles. The molecule has 1 saturated heterocycles. The number of ether oxygens (including phenoxy) is 1. The Labute approximate surface area is 103 Å². The third-order valence-electron chi connectivity index (χ3n) is 3.33. The van der Waals surface area contributed by atoms with E-state index in [1.165, 1.54) is 18.4 Å². The van der Waals surface area contributed by atoms with Gasteiger partial charge in [-0.05, 0) is 25.8 Å². The van der Waals surface area contributed by atoms with Crippen molar-refractivity contribution in [2.24, 2.45) is 0 Å². The molecule has 2 rings (SSSR count). The van der Waals surface area contributed by atoms with Crippen LogP contribution in [0.15, 0.2) is 12.4 Å². The van der Waals surface area contributed by atoms with E-state index in [0.29, 0.717) is 12.1 Å². The van der Waals surface area contributed by atoms with Crippen molar-refractivity contribution in [3.05, 3.63) is 18.0 Å². The Balaban J connectivity index is 1.94. The van der Waals surface area contributed by atoms with Crippen LogP contribution in [-0.4, -0.2) is 29.0 Å². The molecule has 2 unspecified atom stereocenters. The molecule has 17 heavy (non-hydrogen) atoms. The van der Waals surface area contributed by atoms with Gasteiger partial charge in [-0.3, -0.25) is 4.68 Å². The molecule has 0 bridgehead atoms. The predicted molar refractivity (Wildman–Crippen MR) is 67.9 cm³/mol. The molecule has 0 radical (unpaired) electrons. The van der Waals surface area contributed by atoms with E-state index in [1.807, 2.05) is 10.9 Å². The van der Waals surface area contributed by atoms with Gasteiger partial charge < -0.3 is 10.1 Å². The first kappa shape index (κ1) is 12.6. The maximum atomic E-state index is 5.62. The third-order valence-corrected chi connectivity index (χ3v) is 3.33. The molecule has 2 heterocycles. The maximum absolute atomic E-state index is 5.62. The fourth-order valence-corrected chi connectivity index (χ4v) is 2.40. The zero-order valence-corrected chi connectivity index (χ0v) is 10.9. The minimum Gasteiger partial charge on any atom is -0.376 e. The summed E-state index contributed by atoms with van der Waals surface area (Å²) >= 11 is 0. The standard InChI is InChI=1S/C13H23N3O/c1-3-13(14-4-2)11-8-15-16(9-11)10-12-6-5-7-17-12/h8-9,12-14H,3-7,10H2,1-2H3. The quantitative estimate of drug-likeness (QED) is 0.823. The molecule has 96 valence electrons. The monoisotopic (exact) mass is 237 g/mol. The van der Waals surface area contributed by atoms with Crippen LogP contribution in [0.1, 0.15) is 44.7 Å².